The summed E-state index contributed by atoms with van der Waals surface area (Å²) in [5, 5.41) is 32.7. The van der Waals surface area contributed by atoms with E-state index >= 15 is 0 Å². The second-order valence-electron chi connectivity index (χ2n) is 5.75. The van der Waals surface area contributed by atoms with Crippen LogP contribution in [-0.2, 0) is 23.9 Å². The highest BCUT2D eigenvalue weighted by Gasteiger charge is 2.23. The van der Waals surface area contributed by atoms with Gasteiger partial charge in [-0.05, 0) is 0 Å². The number of hydrogen-bond acceptors (Lipinski definition) is 6. The van der Waals surface area contributed by atoms with Gasteiger partial charge in [-0.2, -0.15) is 0 Å². The van der Waals surface area contributed by atoms with Crippen LogP contribution in [0.15, 0.2) is 0 Å². The largest absolute Gasteiger partial charge is 0.481 e. The molecule has 0 aliphatic heterocycles. The number of aliphatic hydroxyl groups excluding tert-OH is 1. The molecule has 0 aliphatic carbocycles. The second-order valence-corrected chi connectivity index (χ2v) is 5.75. The van der Waals surface area contributed by atoms with E-state index < -0.39 is 42.5 Å². The molecular weight excluding hydrogens is 314 g/mol. The molecule has 134 valence electrons. The lowest BCUT2D eigenvalue weighted by Gasteiger charge is -2.28. The van der Waals surface area contributed by atoms with Gasteiger partial charge in [-0.3, -0.25) is 14.4 Å². The van der Waals surface area contributed by atoms with Gasteiger partial charge in [0, 0.05) is 6.92 Å². The Balaban J connectivity index is 0. The molecule has 2 atom stereocenters. The highest BCUT2D eigenvalue weighted by molar-refractivity contribution is 5.79. The van der Waals surface area contributed by atoms with Gasteiger partial charge in [-0.25, -0.2) is 4.79 Å². The minimum absolute atomic E-state index is 0.144. The summed E-state index contributed by atoms with van der Waals surface area (Å²) in [7, 11) is 5.75. The monoisotopic (exact) mass is 338 g/mol. The van der Waals surface area contributed by atoms with E-state index in [2.05, 4.69) is 0 Å². The number of carbonyl (C=O) groups excluding carboxylic acids is 1. The molecule has 0 heterocycles. The molecular formula is C13H24NO9+. The van der Waals surface area contributed by atoms with Gasteiger partial charge in [0.15, 0.2) is 12.2 Å². The van der Waals surface area contributed by atoms with E-state index in [9.17, 15) is 19.2 Å². The summed E-state index contributed by atoms with van der Waals surface area (Å²) < 4.78 is 5.46. The van der Waals surface area contributed by atoms with Crippen molar-refractivity contribution in [2.45, 2.75) is 32.0 Å². The maximum atomic E-state index is 10.7. The van der Waals surface area contributed by atoms with Crippen molar-refractivity contribution in [2.75, 3.05) is 27.7 Å². The minimum Gasteiger partial charge on any atom is -0.481 e. The quantitative estimate of drug-likeness (QED) is 0.322. The summed E-state index contributed by atoms with van der Waals surface area (Å²) in [4.78, 5) is 40.6. The van der Waals surface area contributed by atoms with Crippen molar-refractivity contribution < 1.29 is 48.8 Å². The van der Waals surface area contributed by atoms with Crippen molar-refractivity contribution >= 4 is 23.9 Å². The number of ether oxygens (including phenoxy) is 1. The molecule has 23 heavy (non-hydrogen) atoms. The summed E-state index contributed by atoms with van der Waals surface area (Å²) in [6.07, 6.45) is -3.24. The SMILES string of the molecule is CC(=O)O[C@H](CC(=O)O)C[N+](C)(C)C.O=C(O)CC(O)C(=O)O. The number of likely N-dealkylation sites (N-methyl/N-ethyl adjacent to an activating group) is 1. The molecule has 0 radical (unpaired) electrons. The third-order valence-corrected chi connectivity index (χ3v) is 2.14. The Bertz CT molecular complexity index is 412. The number of carboxylic acids is 3. The standard InChI is InChI=1S/C9H17NO4.C4H6O5/c1-7(11)14-8(5-9(12)13)6-10(2,3)4;5-2(4(8)9)1-3(6)7/h8H,5-6H2,1-4H3;2,5H,1H2,(H,6,7)(H,8,9)/p+1/t8-;/m1./s1. The molecule has 10 heteroatoms. The zero-order chi connectivity index (χ0) is 18.8. The average molecular weight is 338 g/mol. The van der Waals surface area contributed by atoms with E-state index in [1.807, 2.05) is 21.1 Å². The number of carboxylic acid groups (broad SMARTS) is 3. The fraction of sp³-hybridized carbons (Fsp3) is 0.692. The van der Waals surface area contributed by atoms with Gasteiger partial charge in [0.05, 0.1) is 34.0 Å². The molecule has 0 aromatic rings. The fourth-order valence-electron chi connectivity index (χ4n) is 1.44. The van der Waals surface area contributed by atoms with E-state index in [1.165, 1.54) is 6.92 Å². The van der Waals surface area contributed by atoms with Gasteiger partial charge < -0.3 is 29.6 Å². The molecule has 0 saturated heterocycles. The molecule has 0 rings (SSSR count). The molecule has 10 nitrogen and oxygen atoms in total. The van der Waals surface area contributed by atoms with Crippen LogP contribution >= 0.6 is 0 Å². The van der Waals surface area contributed by atoms with Crippen LogP contribution in [0.5, 0.6) is 0 Å². The molecule has 0 amide bonds. The lowest BCUT2D eigenvalue weighted by Crippen LogP contribution is -2.43. The van der Waals surface area contributed by atoms with Gasteiger partial charge in [-0.1, -0.05) is 0 Å². The van der Waals surface area contributed by atoms with E-state index in [0.717, 1.165) is 0 Å². The first-order valence-corrected chi connectivity index (χ1v) is 6.56. The maximum Gasteiger partial charge on any atom is 0.333 e. The summed E-state index contributed by atoms with van der Waals surface area (Å²) in [6.45, 7) is 1.77. The third-order valence-electron chi connectivity index (χ3n) is 2.14. The highest BCUT2D eigenvalue weighted by Crippen LogP contribution is 2.04. The molecule has 0 aromatic carbocycles. The van der Waals surface area contributed by atoms with Crippen LogP contribution in [0, 0.1) is 0 Å². The maximum absolute atomic E-state index is 10.7. The van der Waals surface area contributed by atoms with E-state index in [-0.39, 0.29) is 6.42 Å². The van der Waals surface area contributed by atoms with E-state index in [0.29, 0.717) is 11.0 Å². The number of esters is 1. The summed E-state index contributed by atoms with van der Waals surface area (Å²) in [5.41, 5.74) is 0. The third kappa shape index (κ3) is 17.7. The van der Waals surface area contributed by atoms with Gasteiger partial charge in [0.2, 0.25) is 0 Å². The van der Waals surface area contributed by atoms with Crippen molar-refractivity contribution in [3.8, 4) is 0 Å². The van der Waals surface area contributed by atoms with Crippen molar-refractivity contribution in [3.05, 3.63) is 0 Å². The zero-order valence-electron chi connectivity index (χ0n) is 13.6. The summed E-state index contributed by atoms with van der Waals surface area (Å²) >= 11 is 0. The Hall–Kier alpha value is -2.20. The van der Waals surface area contributed by atoms with E-state index in [1.54, 1.807) is 0 Å². The first-order valence-electron chi connectivity index (χ1n) is 6.56. The van der Waals surface area contributed by atoms with Gasteiger partial charge in [-0.15, -0.1) is 0 Å². The Kier molecular flexibility index (Phi) is 10.5. The first-order chi connectivity index (χ1) is 10.2. The number of aliphatic carboxylic acids is 3. The Morgan fingerprint density at radius 3 is 1.61 bits per heavy atom. The number of aliphatic hydroxyl groups is 1. The van der Waals surface area contributed by atoms with Crippen LogP contribution in [0.25, 0.3) is 0 Å². The van der Waals surface area contributed by atoms with Crippen molar-refractivity contribution in [3.63, 3.8) is 0 Å². The predicted molar refractivity (Wildman–Crippen MR) is 76.6 cm³/mol. The topological polar surface area (TPSA) is 158 Å². The summed E-state index contributed by atoms with van der Waals surface area (Å²) in [5.74, 6) is -4.24. The second kappa shape index (κ2) is 10.5. The van der Waals surface area contributed by atoms with Crippen LogP contribution in [0.3, 0.4) is 0 Å². The van der Waals surface area contributed by atoms with Crippen LogP contribution in [0.1, 0.15) is 19.8 Å². The highest BCUT2D eigenvalue weighted by atomic mass is 16.5. The molecule has 0 aromatic heterocycles. The molecule has 0 saturated carbocycles. The smallest absolute Gasteiger partial charge is 0.333 e. The van der Waals surface area contributed by atoms with Crippen LogP contribution < -0.4 is 0 Å². The molecule has 1 unspecified atom stereocenters. The summed E-state index contributed by atoms with van der Waals surface area (Å²) in [6, 6.07) is 0. The molecule has 0 spiro atoms. The number of rotatable bonds is 8. The molecule has 0 bridgehead atoms. The van der Waals surface area contributed by atoms with Gasteiger partial charge in [0.25, 0.3) is 0 Å². The van der Waals surface area contributed by atoms with Crippen molar-refractivity contribution in [1.29, 1.82) is 0 Å². The molecule has 0 fully saturated rings. The fourth-order valence-corrected chi connectivity index (χ4v) is 1.44. The minimum atomic E-state index is -1.79. The average Bonchev–Trinajstić information content (AvgIpc) is 2.23. The van der Waals surface area contributed by atoms with Crippen LogP contribution in [0.4, 0.5) is 0 Å². The van der Waals surface area contributed by atoms with Crippen LogP contribution in [-0.4, -0.2) is 88.7 Å². The molecule has 4 N–H and O–H groups in total. The Morgan fingerprint density at radius 1 is 0.957 bits per heavy atom. The van der Waals surface area contributed by atoms with Gasteiger partial charge >= 0.3 is 23.9 Å². The van der Waals surface area contributed by atoms with Crippen molar-refractivity contribution in [1.82, 2.24) is 0 Å². The lowest BCUT2D eigenvalue weighted by molar-refractivity contribution is -0.873. The Labute approximate surface area is 133 Å². The number of nitrogens with zero attached hydrogens (tertiary/aromatic N) is 1. The van der Waals surface area contributed by atoms with Gasteiger partial charge in [0.1, 0.15) is 6.54 Å². The van der Waals surface area contributed by atoms with Crippen LogP contribution in [0.2, 0.25) is 0 Å². The normalized spacial score (nSPS) is 13.1. The van der Waals surface area contributed by atoms with Crippen molar-refractivity contribution in [2.24, 2.45) is 0 Å². The molecule has 0 aliphatic rings. The number of quaternary nitrogens is 1. The number of carbonyl (C=O) groups is 4. The number of hydrogen-bond donors (Lipinski definition) is 4. The lowest BCUT2D eigenvalue weighted by atomic mass is 10.2. The zero-order valence-corrected chi connectivity index (χ0v) is 13.6. The predicted octanol–water partition coefficient (Wildman–Crippen LogP) is -0.994. The Morgan fingerprint density at radius 2 is 1.39 bits per heavy atom. The first kappa shape index (κ1) is 23.1. The van der Waals surface area contributed by atoms with E-state index in [4.69, 9.17) is 25.2 Å².